The fourth-order valence-electron chi connectivity index (χ4n) is 3.08. The smallest absolute Gasteiger partial charge is 0.406 e. The molecule has 1 heterocycles. The Hall–Kier alpha value is -2.59. The predicted octanol–water partition coefficient (Wildman–Crippen LogP) is 3.12. The number of amides is 1. The highest BCUT2D eigenvalue weighted by atomic mass is 32.2. The van der Waals surface area contributed by atoms with E-state index in [0.717, 1.165) is 12.1 Å². The van der Waals surface area contributed by atoms with Crippen molar-refractivity contribution in [2.45, 2.75) is 17.7 Å². The lowest BCUT2D eigenvalue weighted by atomic mass is 10.2. The van der Waals surface area contributed by atoms with E-state index < -0.39 is 22.1 Å². The van der Waals surface area contributed by atoms with E-state index in [-0.39, 0.29) is 30.4 Å². The molecule has 1 aliphatic heterocycles. The number of ether oxygens (including phenoxy) is 1. The normalized spacial score (nSPS) is 16.3. The van der Waals surface area contributed by atoms with E-state index in [2.05, 4.69) is 4.74 Å². The van der Waals surface area contributed by atoms with Gasteiger partial charge in [-0.25, -0.2) is 8.42 Å². The molecule has 2 aromatic rings. The Bertz CT molecular complexity index is 965. The van der Waals surface area contributed by atoms with Crippen LogP contribution in [0, 0.1) is 0 Å². The second kappa shape index (κ2) is 8.42. The number of alkyl halides is 3. The molecule has 1 aliphatic rings. The highest BCUT2D eigenvalue weighted by Gasteiger charge is 2.33. The molecular weight excluding hydrogens is 409 g/mol. The van der Waals surface area contributed by atoms with Crippen molar-refractivity contribution >= 4 is 15.9 Å². The van der Waals surface area contributed by atoms with Crippen molar-refractivity contribution in [2.75, 3.05) is 26.2 Å². The number of nitrogens with zero attached hydrogens (tertiary/aromatic N) is 2. The van der Waals surface area contributed by atoms with Crippen molar-refractivity contribution in [3.63, 3.8) is 0 Å². The van der Waals surface area contributed by atoms with Crippen LogP contribution >= 0.6 is 0 Å². The molecular formula is C19H19F3N2O4S. The van der Waals surface area contributed by atoms with E-state index in [1.807, 2.05) is 0 Å². The first-order chi connectivity index (χ1) is 13.7. The Morgan fingerprint density at radius 2 is 1.66 bits per heavy atom. The minimum Gasteiger partial charge on any atom is -0.406 e. The second-order valence-electron chi connectivity index (χ2n) is 6.44. The van der Waals surface area contributed by atoms with Gasteiger partial charge in [0, 0.05) is 37.8 Å². The van der Waals surface area contributed by atoms with Gasteiger partial charge in [0.25, 0.3) is 5.91 Å². The molecule has 0 saturated carbocycles. The highest BCUT2D eigenvalue weighted by Crippen LogP contribution is 2.27. The molecule has 6 nitrogen and oxygen atoms in total. The van der Waals surface area contributed by atoms with Gasteiger partial charge in [-0.05, 0) is 30.7 Å². The van der Waals surface area contributed by atoms with Crippen LogP contribution in [0.2, 0.25) is 0 Å². The van der Waals surface area contributed by atoms with Gasteiger partial charge in [-0.1, -0.05) is 24.3 Å². The van der Waals surface area contributed by atoms with Gasteiger partial charge in [0.1, 0.15) is 5.75 Å². The van der Waals surface area contributed by atoms with Gasteiger partial charge in [0.15, 0.2) is 0 Å². The molecule has 29 heavy (non-hydrogen) atoms. The zero-order chi connectivity index (χ0) is 21.1. The zero-order valence-corrected chi connectivity index (χ0v) is 16.1. The maximum absolute atomic E-state index is 12.9. The van der Waals surface area contributed by atoms with Gasteiger partial charge in [-0.3, -0.25) is 4.79 Å². The maximum atomic E-state index is 12.9. The summed E-state index contributed by atoms with van der Waals surface area (Å²) in [5, 5.41) is 0. The quantitative estimate of drug-likeness (QED) is 0.751. The molecule has 1 saturated heterocycles. The molecule has 10 heteroatoms. The molecule has 0 atom stereocenters. The molecule has 0 aliphatic carbocycles. The molecule has 0 radical (unpaired) electrons. The highest BCUT2D eigenvalue weighted by molar-refractivity contribution is 7.89. The number of hydrogen-bond donors (Lipinski definition) is 0. The van der Waals surface area contributed by atoms with Gasteiger partial charge in [-0.2, -0.15) is 4.31 Å². The van der Waals surface area contributed by atoms with Crippen molar-refractivity contribution < 1.29 is 31.1 Å². The summed E-state index contributed by atoms with van der Waals surface area (Å²) in [5.74, 6) is -0.792. The first-order valence-electron chi connectivity index (χ1n) is 8.87. The summed E-state index contributed by atoms with van der Waals surface area (Å²) >= 11 is 0. The van der Waals surface area contributed by atoms with Crippen LogP contribution in [0.1, 0.15) is 16.8 Å². The van der Waals surface area contributed by atoms with Crippen molar-refractivity contribution in [1.29, 1.82) is 0 Å². The van der Waals surface area contributed by atoms with E-state index in [4.69, 9.17) is 0 Å². The Labute approximate surface area is 166 Å². The molecule has 0 spiro atoms. The number of benzene rings is 2. The number of carbonyl (C=O) groups is 1. The first kappa shape index (κ1) is 21.1. The average molecular weight is 428 g/mol. The molecule has 156 valence electrons. The van der Waals surface area contributed by atoms with Crippen molar-refractivity contribution in [1.82, 2.24) is 9.21 Å². The molecule has 1 fully saturated rings. The van der Waals surface area contributed by atoms with E-state index in [1.54, 1.807) is 35.2 Å². The summed E-state index contributed by atoms with van der Waals surface area (Å²) in [6, 6.07) is 13.0. The van der Waals surface area contributed by atoms with Crippen LogP contribution in [0.15, 0.2) is 59.5 Å². The molecule has 0 N–H and O–H groups in total. The maximum Gasteiger partial charge on any atom is 0.573 e. The number of rotatable bonds is 4. The third-order valence-electron chi connectivity index (χ3n) is 4.44. The Balaban J connectivity index is 1.74. The lowest BCUT2D eigenvalue weighted by molar-refractivity contribution is -0.274. The van der Waals surface area contributed by atoms with Crippen LogP contribution in [0.5, 0.6) is 5.75 Å². The number of hydrogen-bond acceptors (Lipinski definition) is 4. The molecule has 0 bridgehead atoms. The van der Waals surface area contributed by atoms with Crippen molar-refractivity contribution in [3.05, 3.63) is 60.2 Å². The van der Waals surface area contributed by atoms with Gasteiger partial charge in [-0.15, -0.1) is 13.2 Å². The summed E-state index contributed by atoms with van der Waals surface area (Å²) in [4.78, 5) is 13.9. The van der Waals surface area contributed by atoms with Crippen LogP contribution in [0.3, 0.4) is 0 Å². The molecule has 0 aromatic heterocycles. The minimum absolute atomic E-state index is 0.0469. The fraction of sp³-hybridized carbons (Fsp3) is 0.316. The van der Waals surface area contributed by atoms with E-state index in [1.165, 1.54) is 16.4 Å². The lowest BCUT2D eigenvalue weighted by Crippen LogP contribution is -2.37. The number of halogens is 3. The number of sulfonamides is 1. The van der Waals surface area contributed by atoms with Crippen molar-refractivity contribution in [3.8, 4) is 5.75 Å². The number of carbonyl (C=O) groups excluding carboxylic acids is 1. The molecule has 1 amide bonds. The summed E-state index contributed by atoms with van der Waals surface area (Å²) in [7, 11) is -4.03. The van der Waals surface area contributed by atoms with Crippen LogP contribution in [-0.2, 0) is 10.0 Å². The summed E-state index contributed by atoms with van der Waals surface area (Å²) in [5.41, 5.74) is 0.515. The van der Waals surface area contributed by atoms with Gasteiger partial charge < -0.3 is 9.64 Å². The Kier molecular flexibility index (Phi) is 6.13. The van der Waals surface area contributed by atoms with Crippen LogP contribution in [-0.4, -0.2) is 56.1 Å². The predicted molar refractivity (Wildman–Crippen MR) is 98.8 cm³/mol. The summed E-state index contributed by atoms with van der Waals surface area (Å²) in [6.07, 6.45) is -4.50. The van der Waals surface area contributed by atoms with E-state index in [0.29, 0.717) is 18.5 Å². The largest absolute Gasteiger partial charge is 0.573 e. The van der Waals surface area contributed by atoms with Crippen LogP contribution < -0.4 is 4.74 Å². The minimum atomic E-state index is -4.91. The molecule has 3 rings (SSSR count). The molecule has 0 unspecified atom stereocenters. The summed E-state index contributed by atoms with van der Waals surface area (Å²) < 4.78 is 68.0. The second-order valence-corrected chi connectivity index (χ2v) is 8.38. The zero-order valence-electron chi connectivity index (χ0n) is 15.3. The SMILES string of the molecule is O=C(c1ccccc1)N1CCCN(S(=O)(=O)c2cccc(OC(F)(F)F)c2)CC1. The Morgan fingerprint density at radius 1 is 0.931 bits per heavy atom. The van der Waals surface area contributed by atoms with Gasteiger partial charge >= 0.3 is 6.36 Å². The van der Waals surface area contributed by atoms with E-state index in [9.17, 15) is 26.4 Å². The lowest BCUT2D eigenvalue weighted by Gasteiger charge is -2.22. The first-order valence-corrected chi connectivity index (χ1v) is 10.3. The molecule has 2 aromatic carbocycles. The van der Waals surface area contributed by atoms with Gasteiger partial charge in [0.05, 0.1) is 4.90 Å². The van der Waals surface area contributed by atoms with Crippen LogP contribution in [0.4, 0.5) is 13.2 Å². The third kappa shape index (κ3) is 5.27. The van der Waals surface area contributed by atoms with E-state index >= 15 is 0 Å². The average Bonchev–Trinajstić information content (AvgIpc) is 2.94. The van der Waals surface area contributed by atoms with Crippen LogP contribution in [0.25, 0.3) is 0 Å². The standard InChI is InChI=1S/C19H19F3N2O4S/c20-19(21,22)28-16-8-4-9-17(14-16)29(26,27)24-11-5-10-23(12-13-24)18(25)15-6-2-1-3-7-15/h1-4,6-9,14H,5,10-13H2. The Morgan fingerprint density at radius 3 is 2.34 bits per heavy atom. The summed E-state index contributed by atoms with van der Waals surface area (Å²) in [6.45, 7) is 0.777. The van der Waals surface area contributed by atoms with Crippen molar-refractivity contribution in [2.24, 2.45) is 0 Å². The topological polar surface area (TPSA) is 66.9 Å². The van der Waals surface area contributed by atoms with Gasteiger partial charge in [0.2, 0.25) is 10.0 Å². The third-order valence-corrected chi connectivity index (χ3v) is 6.33. The fourth-order valence-corrected chi connectivity index (χ4v) is 4.59. The monoisotopic (exact) mass is 428 g/mol.